The highest BCUT2D eigenvalue weighted by Gasteiger charge is 2.22. The molecule has 1 amide bonds. The van der Waals surface area contributed by atoms with Crippen LogP contribution in [0.15, 0.2) is 12.1 Å². The summed E-state index contributed by atoms with van der Waals surface area (Å²) in [6, 6.07) is 0.775. The van der Waals surface area contributed by atoms with Gasteiger partial charge in [0.05, 0.1) is 5.92 Å². The standard InChI is InChI=1S/C13H14F3NO3/c1-2-3-7(13(19)20)6-17-12(18)11-9(15)4-8(14)5-10(11)16/h4-5,7H,2-3,6H2,1H3,(H,17,18)(H,19,20). The van der Waals surface area contributed by atoms with Crippen LogP contribution in [0.3, 0.4) is 0 Å². The number of carbonyl (C=O) groups excluding carboxylic acids is 1. The van der Waals surface area contributed by atoms with Crippen LogP contribution in [0.5, 0.6) is 0 Å². The van der Waals surface area contributed by atoms with E-state index in [4.69, 9.17) is 5.11 Å². The lowest BCUT2D eigenvalue weighted by Gasteiger charge is -2.13. The second kappa shape index (κ2) is 6.93. The maximum absolute atomic E-state index is 13.3. The number of aliphatic carboxylic acids is 1. The Balaban J connectivity index is 2.79. The van der Waals surface area contributed by atoms with Gasteiger partial charge in [0, 0.05) is 18.7 Å². The first kappa shape index (κ1) is 16.0. The lowest BCUT2D eigenvalue weighted by Crippen LogP contribution is -2.33. The lowest BCUT2D eigenvalue weighted by molar-refractivity contribution is -0.141. The fourth-order valence-electron chi connectivity index (χ4n) is 1.72. The summed E-state index contributed by atoms with van der Waals surface area (Å²) in [6.07, 6.45) is 0.913. The molecule has 1 rings (SSSR count). The predicted molar refractivity (Wildman–Crippen MR) is 64.7 cm³/mol. The Morgan fingerprint density at radius 3 is 2.25 bits per heavy atom. The molecule has 0 aliphatic heterocycles. The van der Waals surface area contributed by atoms with E-state index < -0.39 is 40.8 Å². The molecule has 2 N–H and O–H groups in total. The van der Waals surface area contributed by atoms with Crippen molar-refractivity contribution in [3.63, 3.8) is 0 Å². The Hall–Kier alpha value is -2.05. The normalized spacial score (nSPS) is 12.0. The van der Waals surface area contributed by atoms with Crippen molar-refractivity contribution in [3.05, 3.63) is 35.1 Å². The van der Waals surface area contributed by atoms with Crippen LogP contribution in [0.2, 0.25) is 0 Å². The number of carboxylic acid groups (broad SMARTS) is 1. The number of amides is 1. The molecule has 1 atom stereocenters. The fourth-order valence-corrected chi connectivity index (χ4v) is 1.72. The van der Waals surface area contributed by atoms with E-state index in [0.29, 0.717) is 25.0 Å². The number of benzene rings is 1. The van der Waals surface area contributed by atoms with Crippen molar-refractivity contribution < 1.29 is 27.9 Å². The van der Waals surface area contributed by atoms with Gasteiger partial charge in [-0.05, 0) is 6.42 Å². The summed E-state index contributed by atoms with van der Waals surface area (Å²) in [5.74, 6) is -6.85. The average molecular weight is 289 g/mol. The van der Waals surface area contributed by atoms with Gasteiger partial charge in [-0.3, -0.25) is 9.59 Å². The molecule has 0 heterocycles. The zero-order valence-electron chi connectivity index (χ0n) is 10.8. The van der Waals surface area contributed by atoms with Crippen molar-refractivity contribution in [2.75, 3.05) is 6.54 Å². The molecule has 0 aromatic heterocycles. The number of rotatable bonds is 6. The molecule has 0 aliphatic carbocycles. The van der Waals surface area contributed by atoms with E-state index in [-0.39, 0.29) is 6.54 Å². The third kappa shape index (κ3) is 3.97. The van der Waals surface area contributed by atoms with E-state index in [2.05, 4.69) is 5.32 Å². The van der Waals surface area contributed by atoms with E-state index in [0.717, 1.165) is 0 Å². The molecule has 1 aromatic carbocycles. The van der Waals surface area contributed by atoms with Crippen molar-refractivity contribution in [1.29, 1.82) is 0 Å². The minimum absolute atomic E-state index is 0.252. The monoisotopic (exact) mass is 289 g/mol. The third-order valence-electron chi connectivity index (χ3n) is 2.73. The summed E-state index contributed by atoms with van der Waals surface area (Å²) >= 11 is 0. The highest BCUT2D eigenvalue weighted by Crippen LogP contribution is 2.15. The van der Waals surface area contributed by atoms with Crippen LogP contribution in [0.25, 0.3) is 0 Å². The van der Waals surface area contributed by atoms with Crippen LogP contribution in [0.1, 0.15) is 30.1 Å². The van der Waals surface area contributed by atoms with E-state index in [1.54, 1.807) is 6.92 Å². The molecule has 0 bridgehead atoms. The maximum atomic E-state index is 13.3. The SMILES string of the molecule is CCCC(CNC(=O)c1c(F)cc(F)cc1F)C(=O)O. The second-order valence-electron chi connectivity index (χ2n) is 4.28. The van der Waals surface area contributed by atoms with Gasteiger partial charge in [0.2, 0.25) is 0 Å². The van der Waals surface area contributed by atoms with E-state index in [9.17, 15) is 22.8 Å². The van der Waals surface area contributed by atoms with E-state index in [1.165, 1.54) is 0 Å². The van der Waals surface area contributed by atoms with Crippen LogP contribution in [-0.4, -0.2) is 23.5 Å². The molecule has 110 valence electrons. The molecular weight excluding hydrogens is 275 g/mol. The highest BCUT2D eigenvalue weighted by molar-refractivity contribution is 5.95. The minimum Gasteiger partial charge on any atom is -0.481 e. The predicted octanol–water partition coefficient (Wildman–Crippen LogP) is 2.33. The number of hydrogen-bond donors (Lipinski definition) is 2. The molecule has 0 fully saturated rings. The Bertz CT molecular complexity index is 497. The van der Waals surface area contributed by atoms with Gasteiger partial charge < -0.3 is 10.4 Å². The Morgan fingerprint density at radius 1 is 1.25 bits per heavy atom. The van der Waals surface area contributed by atoms with Gasteiger partial charge in [0.25, 0.3) is 5.91 Å². The molecule has 0 saturated carbocycles. The van der Waals surface area contributed by atoms with Crippen molar-refractivity contribution in [1.82, 2.24) is 5.32 Å². The highest BCUT2D eigenvalue weighted by atomic mass is 19.1. The van der Waals surface area contributed by atoms with Gasteiger partial charge in [-0.2, -0.15) is 0 Å². The first-order valence-corrected chi connectivity index (χ1v) is 6.02. The quantitative estimate of drug-likeness (QED) is 0.844. The minimum atomic E-state index is -1.33. The van der Waals surface area contributed by atoms with Crippen LogP contribution in [0.4, 0.5) is 13.2 Å². The van der Waals surface area contributed by atoms with Crippen LogP contribution in [-0.2, 0) is 4.79 Å². The number of carboxylic acids is 1. The number of hydrogen-bond acceptors (Lipinski definition) is 2. The molecule has 0 saturated heterocycles. The summed E-state index contributed by atoms with van der Waals surface area (Å²) in [4.78, 5) is 22.5. The van der Waals surface area contributed by atoms with E-state index in [1.807, 2.05) is 0 Å². The average Bonchev–Trinajstić information content (AvgIpc) is 2.32. The largest absolute Gasteiger partial charge is 0.481 e. The Kier molecular flexibility index (Phi) is 5.54. The summed E-state index contributed by atoms with van der Waals surface area (Å²) in [5.41, 5.74) is -0.924. The Morgan fingerprint density at radius 2 is 1.80 bits per heavy atom. The zero-order chi connectivity index (χ0) is 15.3. The Labute approximate surface area is 113 Å². The van der Waals surface area contributed by atoms with Gasteiger partial charge in [-0.1, -0.05) is 13.3 Å². The van der Waals surface area contributed by atoms with Gasteiger partial charge in [-0.25, -0.2) is 13.2 Å². The zero-order valence-corrected chi connectivity index (χ0v) is 10.8. The van der Waals surface area contributed by atoms with Crippen molar-refractivity contribution in [2.24, 2.45) is 5.92 Å². The fraction of sp³-hybridized carbons (Fsp3) is 0.385. The molecule has 7 heteroatoms. The molecule has 1 unspecified atom stereocenters. The lowest BCUT2D eigenvalue weighted by atomic mass is 10.0. The topological polar surface area (TPSA) is 66.4 Å². The smallest absolute Gasteiger partial charge is 0.308 e. The molecule has 4 nitrogen and oxygen atoms in total. The van der Waals surface area contributed by atoms with Crippen molar-refractivity contribution in [2.45, 2.75) is 19.8 Å². The van der Waals surface area contributed by atoms with Crippen molar-refractivity contribution >= 4 is 11.9 Å². The number of carbonyl (C=O) groups is 2. The summed E-state index contributed by atoms with van der Waals surface area (Å²) in [5, 5.41) is 11.0. The van der Waals surface area contributed by atoms with Crippen LogP contribution >= 0.6 is 0 Å². The maximum Gasteiger partial charge on any atom is 0.308 e. The molecule has 1 aromatic rings. The molecule has 20 heavy (non-hydrogen) atoms. The second-order valence-corrected chi connectivity index (χ2v) is 4.28. The number of halogens is 3. The summed E-state index contributed by atoms with van der Waals surface area (Å²) in [6.45, 7) is 1.52. The molecule has 0 spiro atoms. The summed E-state index contributed by atoms with van der Waals surface area (Å²) in [7, 11) is 0. The van der Waals surface area contributed by atoms with Crippen LogP contribution in [0, 0.1) is 23.4 Å². The first-order chi connectivity index (χ1) is 9.36. The van der Waals surface area contributed by atoms with Crippen molar-refractivity contribution in [3.8, 4) is 0 Å². The summed E-state index contributed by atoms with van der Waals surface area (Å²) < 4.78 is 39.4. The number of nitrogens with one attached hydrogen (secondary N) is 1. The van der Waals surface area contributed by atoms with Crippen LogP contribution < -0.4 is 5.32 Å². The molecule has 0 aliphatic rings. The third-order valence-corrected chi connectivity index (χ3v) is 2.73. The van der Waals surface area contributed by atoms with E-state index >= 15 is 0 Å². The van der Waals surface area contributed by atoms with Gasteiger partial charge >= 0.3 is 5.97 Å². The van der Waals surface area contributed by atoms with Gasteiger partial charge in [-0.15, -0.1) is 0 Å². The van der Waals surface area contributed by atoms with Gasteiger partial charge in [0.15, 0.2) is 0 Å². The molecule has 0 radical (unpaired) electrons. The first-order valence-electron chi connectivity index (χ1n) is 6.02. The van der Waals surface area contributed by atoms with Gasteiger partial charge in [0.1, 0.15) is 23.0 Å². The molecular formula is C13H14F3NO3.